The Bertz CT molecular complexity index is 1550. The number of rotatable bonds is 15. The normalized spacial score (nSPS) is 23.9. The first-order chi connectivity index (χ1) is 24.2. The van der Waals surface area contributed by atoms with Crippen LogP contribution in [0.4, 0.5) is 4.79 Å². The van der Waals surface area contributed by atoms with E-state index in [0.29, 0.717) is 34.8 Å². The third-order valence-corrected chi connectivity index (χ3v) is 10.2. The minimum atomic E-state index is -0.989. The van der Waals surface area contributed by atoms with E-state index in [1.807, 2.05) is 53.7 Å². The van der Waals surface area contributed by atoms with Crippen LogP contribution >= 0.6 is 0 Å². The van der Waals surface area contributed by atoms with Gasteiger partial charge in [-0.3, -0.25) is 4.79 Å². The number of amides is 2. The molecule has 1 aliphatic carbocycles. The second kappa shape index (κ2) is 17.4. The molecule has 1 N–H and O–H groups in total. The van der Waals surface area contributed by atoms with Crippen molar-refractivity contribution in [1.29, 1.82) is 0 Å². The molecule has 51 heavy (non-hydrogen) atoms. The van der Waals surface area contributed by atoms with Crippen LogP contribution in [0.25, 0.3) is 17.1 Å². The van der Waals surface area contributed by atoms with E-state index >= 15 is 0 Å². The molecule has 1 saturated carbocycles. The van der Waals surface area contributed by atoms with Crippen LogP contribution in [0.15, 0.2) is 37.4 Å². The predicted octanol–water partition coefficient (Wildman–Crippen LogP) is 7.38. The third-order valence-electron chi connectivity index (χ3n) is 10.2. The second-order valence-corrected chi connectivity index (χ2v) is 15.5. The number of carbonyl (C=O) groups is 3. The van der Waals surface area contributed by atoms with E-state index in [1.54, 1.807) is 25.3 Å². The zero-order chi connectivity index (χ0) is 37.5. The molecule has 2 fully saturated rings. The van der Waals surface area contributed by atoms with E-state index in [4.69, 9.17) is 23.9 Å². The van der Waals surface area contributed by atoms with Crippen LogP contribution in [0.5, 0.6) is 11.6 Å². The molecule has 1 saturated heterocycles. The first-order valence-corrected chi connectivity index (χ1v) is 18.4. The second-order valence-electron chi connectivity index (χ2n) is 15.5. The van der Waals surface area contributed by atoms with E-state index < -0.39 is 47.5 Å². The van der Waals surface area contributed by atoms with Gasteiger partial charge in [0.05, 0.1) is 31.3 Å². The molecule has 0 spiro atoms. The largest absolute Gasteiger partial charge is 0.497 e. The van der Waals surface area contributed by atoms with Crippen LogP contribution in [-0.4, -0.2) is 77.4 Å². The minimum Gasteiger partial charge on any atom is -0.497 e. The maximum Gasteiger partial charge on any atom is 0.408 e. The topological polar surface area (TPSA) is 129 Å². The third kappa shape index (κ3) is 9.60. The standard InChI is InChI=1S/C40H58N4O7/c1-11-14-15-16-28-25(6)17-20-32(28)51-39(47)43-35(40(7,8)9)37(45)44-22-33(27(12-2)34(44)38(46)49-23-24(4)5)50-36-29(13-3)41-30-19-18-26(48-10)21-31(30)42-36/h11,13,18-19,21,24-25,27-28,32-35H,1,3,12,14-17,20,22-23H2,2,4-10H3,(H,43,47). The van der Waals surface area contributed by atoms with Crippen molar-refractivity contribution in [2.45, 2.75) is 111 Å². The number of methoxy groups -OCH3 is 1. The van der Waals surface area contributed by atoms with Gasteiger partial charge in [-0.15, -0.1) is 6.58 Å². The Kier molecular flexibility index (Phi) is 13.5. The summed E-state index contributed by atoms with van der Waals surface area (Å²) in [5, 5.41) is 2.91. The number of hydrogen-bond donors (Lipinski definition) is 1. The van der Waals surface area contributed by atoms with Crippen LogP contribution in [0.2, 0.25) is 0 Å². The van der Waals surface area contributed by atoms with Gasteiger partial charge in [-0.1, -0.05) is 61.1 Å². The summed E-state index contributed by atoms with van der Waals surface area (Å²) in [5.41, 5.74) is 0.933. The molecule has 0 radical (unpaired) electrons. The van der Waals surface area contributed by atoms with Crippen molar-refractivity contribution in [3.63, 3.8) is 0 Å². The molecule has 7 atom stereocenters. The summed E-state index contributed by atoms with van der Waals surface area (Å²) in [7, 11) is 1.58. The van der Waals surface area contributed by atoms with E-state index in [-0.39, 0.29) is 37.0 Å². The molecule has 11 heteroatoms. The molecule has 1 aliphatic heterocycles. The van der Waals surface area contributed by atoms with Crippen LogP contribution in [0.3, 0.4) is 0 Å². The summed E-state index contributed by atoms with van der Waals surface area (Å²) in [6.07, 6.45) is 7.12. The van der Waals surface area contributed by atoms with E-state index in [9.17, 15) is 14.4 Å². The lowest BCUT2D eigenvalue weighted by atomic mass is 9.85. The smallest absolute Gasteiger partial charge is 0.408 e. The van der Waals surface area contributed by atoms with Crippen LogP contribution in [0, 0.1) is 29.1 Å². The molecule has 2 aromatic rings. The Labute approximate surface area is 303 Å². The number of nitrogens with one attached hydrogen (secondary N) is 1. The monoisotopic (exact) mass is 706 g/mol. The van der Waals surface area contributed by atoms with Crippen LogP contribution in [0.1, 0.15) is 92.7 Å². The molecule has 2 amide bonds. The number of hydrogen-bond acceptors (Lipinski definition) is 9. The first kappa shape index (κ1) is 39.6. The quantitative estimate of drug-likeness (QED) is 0.115. The van der Waals surface area contributed by atoms with Crippen LogP contribution in [-0.2, 0) is 19.1 Å². The number of fused-ring (bicyclic) bond motifs is 1. The predicted molar refractivity (Wildman–Crippen MR) is 198 cm³/mol. The SMILES string of the molecule is C=CCCCC1C(C)CCC1OC(=O)NC(C(=O)N1CC(Oc2nc3cc(OC)ccc3nc2C=C)C(CC)C1C(=O)OCC(C)C)C(C)(C)C. The highest BCUT2D eigenvalue weighted by Crippen LogP contribution is 2.38. The van der Waals surface area contributed by atoms with Crippen LogP contribution < -0.4 is 14.8 Å². The van der Waals surface area contributed by atoms with Crippen molar-refractivity contribution in [3.8, 4) is 11.6 Å². The van der Waals surface area contributed by atoms with Crippen molar-refractivity contribution < 1.29 is 33.3 Å². The summed E-state index contributed by atoms with van der Waals surface area (Å²) in [4.78, 5) is 53.0. The number of allylic oxidation sites excluding steroid dienone is 1. The van der Waals surface area contributed by atoms with Crippen molar-refractivity contribution in [1.82, 2.24) is 20.2 Å². The summed E-state index contributed by atoms with van der Waals surface area (Å²) in [6.45, 7) is 21.7. The number of aromatic nitrogens is 2. The fourth-order valence-corrected chi connectivity index (χ4v) is 7.31. The van der Waals surface area contributed by atoms with Crippen molar-refractivity contribution in [2.75, 3.05) is 20.3 Å². The Morgan fingerprint density at radius 3 is 2.45 bits per heavy atom. The average Bonchev–Trinajstić information content (AvgIpc) is 3.63. The van der Waals surface area contributed by atoms with Gasteiger partial charge in [0.1, 0.15) is 35.7 Å². The molecular weight excluding hydrogens is 648 g/mol. The summed E-state index contributed by atoms with van der Waals surface area (Å²) < 4.78 is 23.7. The lowest BCUT2D eigenvalue weighted by molar-refractivity contribution is -0.157. The molecule has 1 aromatic carbocycles. The number of nitrogens with zero attached hydrogens (tertiary/aromatic N) is 3. The Morgan fingerprint density at radius 1 is 1.08 bits per heavy atom. The van der Waals surface area contributed by atoms with Crippen molar-refractivity contribution in [3.05, 3.63) is 43.1 Å². The number of alkyl carbamates (subject to hydrolysis) is 1. The highest BCUT2D eigenvalue weighted by Gasteiger charge is 2.52. The molecule has 4 rings (SSSR count). The molecule has 2 aliphatic rings. The van der Waals surface area contributed by atoms with Crippen molar-refractivity contribution >= 4 is 35.1 Å². The Hall–Kier alpha value is -4.15. The lowest BCUT2D eigenvalue weighted by Crippen LogP contribution is -2.57. The molecule has 0 bridgehead atoms. The molecule has 2 heterocycles. The first-order valence-electron chi connectivity index (χ1n) is 18.4. The van der Waals surface area contributed by atoms with Gasteiger partial charge < -0.3 is 29.2 Å². The summed E-state index contributed by atoms with van der Waals surface area (Å²) in [5.74, 6) is 0.301. The van der Waals surface area contributed by atoms with Gasteiger partial charge in [0.15, 0.2) is 0 Å². The number of carbonyl (C=O) groups excluding carboxylic acids is 3. The van der Waals surface area contributed by atoms with E-state index in [0.717, 1.165) is 32.1 Å². The molecule has 7 unspecified atom stereocenters. The molecular formula is C40H58N4O7. The number of esters is 1. The number of benzene rings is 1. The van der Waals surface area contributed by atoms with Gasteiger partial charge in [-0.05, 0) is 79.9 Å². The maximum atomic E-state index is 14.7. The number of likely N-dealkylation sites (tertiary alicyclic amines) is 1. The van der Waals surface area contributed by atoms with Crippen molar-refractivity contribution in [2.24, 2.45) is 29.1 Å². The highest BCUT2D eigenvalue weighted by molar-refractivity contribution is 5.91. The molecule has 11 nitrogen and oxygen atoms in total. The van der Waals surface area contributed by atoms with Gasteiger partial charge in [-0.2, -0.15) is 0 Å². The number of unbranched alkanes of at least 4 members (excludes halogenated alkanes) is 1. The summed E-state index contributed by atoms with van der Waals surface area (Å²) in [6, 6.07) is 3.45. The van der Waals surface area contributed by atoms with Gasteiger partial charge in [0.25, 0.3) is 0 Å². The van der Waals surface area contributed by atoms with Gasteiger partial charge in [0, 0.05) is 12.0 Å². The fraction of sp³-hybridized carbons (Fsp3) is 0.625. The average molecular weight is 707 g/mol. The van der Waals surface area contributed by atoms with Gasteiger partial charge >= 0.3 is 12.1 Å². The summed E-state index contributed by atoms with van der Waals surface area (Å²) >= 11 is 0. The lowest BCUT2D eigenvalue weighted by Gasteiger charge is -2.35. The Balaban J connectivity index is 1.63. The zero-order valence-corrected chi connectivity index (χ0v) is 31.8. The van der Waals surface area contributed by atoms with Gasteiger partial charge in [0.2, 0.25) is 11.8 Å². The minimum absolute atomic E-state index is 0.0714. The number of ether oxygens (including phenoxy) is 4. The highest BCUT2D eigenvalue weighted by atomic mass is 16.6. The molecule has 1 aromatic heterocycles. The fourth-order valence-electron chi connectivity index (χ4n) is 7.31. The maximum absolute atomic E-state index is 14.7. The van der Waals surface area contributed by atoms with E-state index in [2.05, 4.69) is 30.4 Å². The van der Waals surface area contributed by atoms with E-state index in [1.165, 1.54) is 4.90 Å². The Morgan fingerprint density at radius 2 is 1.82 bits per heavy atom. The van der Waals surface area contributed by atoms with Gasteiger partial charge in [-0.25, -0.2) is 19.6 Å². The zero-order valence-electron chi connectivity index (χ0n) is 31.8. The molecule has 280 valence electrons.